The van der Waals surface area contributed by atoms with Crippen molar-refractivity contribution in [2.45, 2.75) is 13.8 Å². The average molecular weight is 235 g/mol. The second-order valence-corrected chi connectivity index (χ2v) is 3.73. The number of benzene rings is 1. The first-order valence-electron chi connectivity index (χ1n) is 5.37. The van der Waals surface area contributed by atoms with Crippen LogP contribution in [0.25, 0.3) is 0 Å². The Morgan fingerprint density at radius 2 is 2.18 bits per heavy atom. The third-order valence-corrected chi connectivity index (χ3v) is 2.00. The van der Waals surface area contributed by atoms with Crippen LogP contribution in [0.5, 0.6) is 11.5 Å². The van der Waals surface area contributed by atoms with E-state index in [1.54, 1.807) is 12.1 Å². The molecule has 0 radical (unpaired) electrons. The van der Waals surface area contributed by atoms with Gasteiger partial charge in [-0.05, 0) is 31.6 Å². The van der Waals surface area contributed by atoms with E-state index in [9.17, 15) is 4.79 Å². The number of anilines is 1. The molecule has 0 spiro atoms. The number of hydrogen-bond donors (Lipinski definition) is 1. The molecular formula is C13H17NO3. The van der Waals surface area contributed by atoms with Crippen molar-refractivity contribution < 1.29 is 14.3 Å². The van der Waals surface area contributed by atoms with E-state index in [1.165, 1.54) is 0 Å². The van der Waals surface area contributed by atoms with Gasteiger partial charge in [-0.1, -0.05) is 6.58 Å². The van der Waals surface area contributed by atoms with Crippen molar-refractivity contribution >= 4 is 12.0 Å². The Balaban J connectivity index is 3.06. The van der Waals surface area contributed by atoms with Gasteiger partial charge < -0.3 is 15.2 Å². The Morgan fingerprint density at radius 1 is 1.47 bits per heavy atom. The van der Waals surface area contributed by atoms with Gasteiger partial charge in [-0.25, -0.2) is 0 Å². The van der Waals surface area contributed by atoms with Crippen LogP contribution in [0.2, 0.25) is 0 Å². The topological polar surface area (TPSA) is 61.5 Å². The van der Waals surface area contributed by atoms with Gasteiger partial charge in [-0.15, -0.1) is 0 Å². The van der Waals surface area contributed by atoms with Gasteiger partial charge in [-0.2, -0.15) is 0 Å². The lowest BCUT2D eigenvalue weighted by molar-refractivity contribution is 0.112. The second kappa shape index (κ2) is 5.94. The first kappa shape index (κ1) is 13.1. The average Bonchev–Trinajstić information content (AvgIpc) is 2.27. The first-order valence-corrected chi connectivity index (χ1v) is 5.37. The van der Waals surface area contributed by atoms with Gasteiger partial charge in [-0.3, -0.25) is 4.79 Å². The summed E-state index contributed by atoms with van der Waals surface area (Å²) >= 11 is 0. The van der Waals surface area contributed by atoms with Gasteiger partial charge in [0.1, 0.15) is 12.9 Å². The lowest BCUT2D eigenvalue weighted by atomic mass is 10.2. The monoisotopic (exact) mass is 235 g/mol. The molecule has 4 heteroatoms. The number of nitrogens with two attached hydrogens (primary N) is 1. The molecule has 0 fully saturated rings. The summed E-state index contributed by atoms with van der Waals surface area (Å²) < 4.78 is 10.9. The predicted molar refractivity (Wildman–Crippen MR) is 67.7 cm³/mol. The molecule has 0 saturated heterocycles. The molecule has 0 aliphatic carbocycles. The fraction of sp³-hybridized carbons (Fsp3) is 0.308. The molecule has 0 heterocycles. The minimum atomic E-state index is 0.366. The minimum absolute atomic E-state index is 0.366. The molecule has 0 unspecified atom stereocenters. The zero-order valence-corrected chi connectivity index (χ0v) is 10.2. The summed E-state index contributed by atoms with van der Waals surface area (Å²) in [4.78, 5) is 10.7. The SMILES string of the molecule is C=C(C)COc1c(N)cc(C=O)cc1OCC. The third kappa shape index (κ3) is 3.52. The van der Waals surface area contributed by atoms with Gasteiger partial charge in [0.05, 0.1) is 12.3 Å². The highest BCUT2D eigenvalue weighted by Crippen LogP contribution is 2.35. The van der Waals surface area contributed by atoms with E-state index in [-0.39, 0.29) is 0 Å². The summed E-state index contributed by atoms with van der Waals surface area (Å²) in [7, 11) is 0. The Morgan fingerprint density at radius 3 is 2.71 bits per heavy atom. The Hall–Kier alpha value is -1.97. The van der Waals surface area contributed by atoms with Gasteiger partial charge >= 0.3 is 0 Å². The van der Waals surface area contributed by atoms with Crippen LogP contribution in [0.15, 0.2) is 24.3 Å². The quantitative estimate of drug-likeness (QED) is 0.467. The number of rotatable bonds is 6. The van der Waals surface area contributed by atoms with Crippen molar-refractivity contribution in [1.82, 2.24) is 0 Å². The van der Waals surface area contributed by atoms with Crippen LogP contribution < -0.4 is 15.2 Å². The number of ether oxygens (including phenoxy) is 2. The molecule has 0 atom stereocenters. The van der Waals surface area contributed by atoms with E-state index in [4.69, 9.17) is 15.2 Å². The second-order valence-electron chi connectivity index (χ2n) is 3.73. The van der Waals surface area contributed by atoms with Crippen molar-refractivity contribution in [3.8, 4) is 11.5 Å². The smallest absolute Gasteiger partial charge is 0.184 e. The minimum Gasteiger partial charge on any atom is -0.490 e. The number of carbonyl (C=O) groups is 1. The van der Waals surface area contributed by atoms with Gasteiger partial charge in [0.2, 0.25) is 0 Å². The maximum absolute atomic E-state index is 10.7. The standard InChI is InChI=1S/C13H17NO3/c1-4-16-12-6-10(7-15)5-11(14)13(12)17-8-9(2)3/h5-7H,2,4,8,14H2,1,3H3. The van der Waals surface area contributed by atoms with E-state index in [0.717, 1.165) is 11.9 Å². The van der Waals surface area contributed by atoms with Crippen LogP contribution in [0.1, 0.15) is 24.2 Å². The Kier molecular flexibility index (Phi) is 4.57. The summed E-state index contributed by atoms with van der Waals surface area (Å²) in [6.45, 7) is 8.30. The van der Waals surface area contributed by atoms with E-state index >= 15 is 0 Å². The van der Waals surface area contributed by atoms with Crippen molar-refractivity contribution in [3.63, 3.8) is 0 Å². The molecule has 1 rings (SSSR count). The van der Waals surface area contributed by atoms with Crippen LogP contribution >= 0.6 is 0 Å². The molecule has 0 aromatic heterocycles. The van der Waals surface area contributed by atoms with Crippen LogP contribution in [0.3, 0.4) is 0 Å². The number of aldehydes is 1. The zero-order chi connectivity index (χ0) is 12.8. The maximum Gasteiger partial charge on any atom is 0.184 e. The van der Waals surface area contributed by atoms with E-state index in [0.29, 0.717) is 36.0 Å². The Bertz CT molecular complexity index is 427. The summed E-state index contributed by atoms with van der Waals surface area (Å²) in [5.41, 5.74) is 7.56. The summed E-state index contributed by atoms with van der Waals surface area (Å²) in [6, 6.07) is 3.17. The number of carbonyl (C=O) groups excluding carboxylic acids is 1. The number of nitrogen functional groups attached to an aromatic ring is 1. The fourth-order valence-corrected chi connectivity index (χ4v) is 1.33. The van der Waals surface area contributed by atoms with Crippen LogP contribution in [-0.2, 0) is 0 Å². The fourth-order valence-electron chi connectivity index (χ4n) is 1.33. The van der Waals surface area contributed by atoms with Crippen LogP contribution in [-0.4, -0.2) is 19.5 Å². The predicted octanol–water partition coefficient (Wildman–Crippen LogP) is 2.43. The summed E-state index contributed by atoms with van der Waals surface area (Å²) in [5.74, 6) is 0.941. The molecule has 0 aliphatic heterocycles. The highest BCUT2D eigenvalue weighted by Gasteiger charge is 2.11. The molecule has 0 amide bonds. The lowest BCUT2D eigenvalue weighted by Crippen LogP contribution is -2.05. The normalized spacial score (nSPS) is 9.76. The molecule has 0 bridgehead atoms. The molecule has 0 aliphatic rings. The van der Waals surface area contributed by atoms with Crippen LogP contribution in [0.4, 0.5) is 5.69 Å². The molecule has 1 aromatic carbocycles. The van der Waals surface area contributed by atoms with E-state index in [1.807, 2.05) is 13.8 Å². The molecule has 0 saturated carbocycles. The van der Waals surface area contributed by atoms with Gasteiger partial charge in [0.15, 0.2) is 11.5 Å². The molecule has 2 N–H and O–H groups in total. The van der Waals surface area contributed by atoms with Crippen molar-refractivity contribution in [3.05, 3.63) is 29.8 Å². The molecule has 4 nitrogen and oxygen atoms in total. The van der Waals surface area contributed by atoms with Crippen molar-refractivity contribution in [2.24, 2.45) is 0 Å². The largest absolute Gasteiger partial charge is 0.490 e. The van der Waals surface area contributed by atoms with Gasteiger partial charge in [0, 0.05) is 5.56 Å². The molecule has 17 heavy (non-hydrogen) atoms. The van der Waals surface area contributed by atoms with E-state index < -0.39 is 0 Å². The third-order valence-electron chi connectivity index (χ3n) is 2.00. The van der Waals surface area contributed by atoms with Gasteiger partial charge in [0.25, 0.3) is 0 Å². The maximum atomic E-state index is 10.7. The Labute approximate surface area is 101 Å². The summed E-state index contributed by atoms with van der Waals surface area (Å²) in [6.07, 6.45) is 0.724. The molecular weight excluding hydrogens is 218 g/mol. The summed E-state index contributed by atoms with van der Waals surface area (Å²) in [5, 5.41) is 0. The highest BCUT2D eigenvalue weighted by molar-refractivity contribution is 5.80. The van der Waals surface area contributed by atoms with Crippen molar-refractivity contribution in [1.29, 1.82) is 0 Å². The highest BCUT2D eigenvalue weighted by atomic mass is 16.5. The van der Waals surface area contributed by atoms with Crippen LogP contribution in [0, 0.1) is 0 Å². The number of hydrogen-bond acceptors (Lipinski definition) is 4. The zero-order valence-electron chi connectivity index (χ0n) is 10.2. The molecule has 1 aromatic rings. The lowest BCUT2D eigenvalue weighted by Gasteiger charge is -2.14. The first-order chi connectivity index (χ1) is 8.08. The van der Waals surface area contributed by atoms with E-state index in [2.05, 4.69) is 6.58 Å². The van der Waals surface area contributed by atoms with Crippen molar-refractivity contribution in [2.75, 3.05) is 18.9 Å². The molecule has 92 valence electrons.